The Kier molecular flexibility index (Phi) is 4.52. The molecular formula is C14H17NO4. The third-order valence-corrected chi connectivity index (χ3v) is 3.23. The van der Waals surface area contributed by atoms with E-state index in [4.69, 9.17) is 9.47 Å². The SMILES string of the molecule is C=Cc1ccc([N+](=O)[O-])c(OCC2CCOCC2)c1. The van der Waals surface area contributed by atoms with Crippen molar-refractivity contribution in [2.75, 3.05) is 19.8 Å². The van der Waals surface area contributed by atoms with Crippen LogP contribution in [0.15, 0.2) is 24.8 Å². The Balaban J connectivity index is 2.08. The summed E-state index contributed by atoms with van der Waals surface area (Å²) in [4.78, 5) is 10.5. The molecule has 0 atom stereocenters. The molecule has 0 aliphatic carbocycles. The molecule has 5 nitrogen and oxygen atoms in total. The summed E-state index contributed by atoms with van der Waals surface area (Å²) in [6.45, 7) is 5.62. The molecule has 0 unspecified atom stereocenters. The quantitative estimate of drug-likeness (QED) is 0.605. The molecule has 1 aliphatic rings. The van der Waals surface area contributed by atoms with E-state index in [9.17, 15) is 10.1 Å². The van der Waals surface area contributed by atoms with Gasteiger partial charge >= 0.3 is 5.69 Å². The van der Waals surface area contributed by atoms with Crippen molar-refractivity contribution in [2.45, 2.75) is 12.8 Å². The maximum atomic E-state index is 11.0. The van der Waals surface area contributed by atoms with Crippen LogP contribution < -0.4 is 4.74 Å². The summed E-state index contributed by atoms with van der Waals surface area (Å²) in [5.74, 6) is 0.717. The predicted octanol–water partition coefficient (Wildman–Crippen LogP) is 3.04. The fraction of sp³-hybridized carbons (Fsp3) is 0.429. The molecular weight excluding hydrogens is 246 g/mol. The molecule has 1 aromatic carbocycles. The van der Waals surface area contributed by atoms with Gasteiger partial charge in [-0.2, -0.15) is 0 Å². The summed E-state index contributed by atoms with van der Waals surface area (Å²) in [6, 6.07) is 4.77. The first-order chi connectivity index (χ1) is 9.20. The summed E-state index contributed by atoms with van der Waals surface area (Å²) >= 11 is 0. The van der Waals surface area contributed by atoms with Crippen molar-refractivity contribution >= 4 is 11.8 Å². The van der Waals surface area contributed by atoms with Crippen LogP contribution in [0.4, 0.5) is 5.69 Å². The molecule has 0 N–H and O–H groups in total. The minimum atomic E-state index is -0.424. The second-order valence-corrected chi connectivity index (χ2v) is 4.56. The van der Waals surface area contributed by atoms with Crippen LogP contribution in [0.3, 0.4) is 0 Å². The number of ether oxygens (including phenoxy) is 2. The van der Waals surface area contributed by atoms with Crippen molar-refractivity contribution < 1.29 is 14.4 Å². The monoisotopic (exact) mass is 263 g/mol. The molecule has 0 radical (unpaired) electrons. The van der Waals surface area contributed by atoms with Gasteiger partial charge in [0.05, 0.1) is 11.5 Å². The van der Waals surface area contributed by atoms with E-state index in [1.165, 1.54) is 6.07 Å². The fourth-order valence-corrected chi connectivity index (χ4v) is 2.04. The van der Waals surface area contributed by atoms with Gasteiger partial charge in [0.1, 0.15) is 0 Å². The Labute approximate surface area is 112 Å². The van der Waals surface area contributed by atoms with Crippen molar-refractivity contribution in [1.29, 1.82) is 0 Å². The number of benzene rings is 1. The standard InChI is InChI=1S/C14H17NO4/c1-2-11-3-4-13(15(16)17)14(9-11)19-10-12-5-7-18-8-6-12/h2-4,9,12H,1,5-8,10H2. The normalized spacial score (nSPS) is 16.0. The van der Waals surface area contributed by atoms with E-state index in [2.05, 4.69) is 6.58 Å². The maximum Gasteiger partial charge on any atom is 0.310 e. The number of nitro benzene ring substituents is 1. The van der Waals surface area contributed by atoms with E-state index in [-0.39, 0.29) is 5.69 Å². The molecule has 0 aromatic heterocycles. The minimum Gasteiger partial charge on any atom is -0.487 e. The van der Waals surface area contributed by atoms with Crippen LogP contribution >= 0.6 is 0 Å². The molecule has 1 aliphatic heterocycles. The molecule has 0 bridgehead atoms. The van der Waals surface area contributed by atoms with Crippen molar-refractivity contribution in [1.82, 2.24) is 0 Å². The van der Waals surface area contributed by atoms with Gasteiger partial charge in [-0.15, -0.1) is 0 Å². The topological polar surface area (TPSA) is 61.6 Å². The summed E-state index contributed by atoms with van der Waals surface area (Å²) in [5, 5.41) is 11.0. The summed E-state index contributed by atoms with van der Waals surface area (Å²) < 4.78 is 10.9. The van der Waals surface area contributed by atoms with Gasteiger partial charge in [0.25, 0.3) is 0 Å². The van der Waals surface area contributed by atoms with E-state index in [1.807, 2.05) is 0 Å². The predicted molar refractivity (Wildman–Crippen MR) is 72.2 cm³/mol. The number of nitro groups is 1. The first-order valence-corrected chi connectivity index (χ1v) is 6.32. The molecule has 1 saturated heterocycles. The average molecular weight is 263 g/mol. The zero-order valence-corrected chi connectivity index (χ0v) is 10.7. The van der Waals surface area contributed by atoms with Crippen molar-refractivity contribution in [3.63, 3.8) is 0 Å². The Hall–Kier alpha value is -1.88. The second kappa shape index (κ2) is 6.33. The molecule has 2 rings (SSSR count). The molecule has 19 heavy (non-hydrogen) atoms. The lowest BCUT2D eigenvalue weighted by molar-refractivity contribution is -0.385. The average Bonchev–Trinajstić information content (AvgIpc) is 2.45. The van der Waals surface area contributed by atoms with Gasteiger partial charge in [0.15, 0.2) is 5.75 Å². The molecule has 1 heterocycles. The first kappa shape index (κ1) is 13.5. The lowest BCUT2D eigenvalue weighted by Crippen LogP contribution is -2.21. The van der Waals surface area contributed by atoms with Gasteiger partial charge in [0, 0.05) is 19.3 Å². The molecule has 5 heteroatoms. The van der Waals surface area contributed by atoms with Crippen LogP contribution in [0.25, 0.3) is 6.08 Å². The van der Waals surface area contributed by atoms with Crippen LogP contribution in [0.2, 0.25) is 0 Å². The highest BCUT2D eigenvalue weighted by molar-refractivity contribution is 5.57. The summed E-state index contributed by atoms with van der Waals surface area (Å²) in [6.07, 6.45) is 3.52. The van der Waals surface area contributed by atoms with E-state index in [1.54, 1.807) is 18.2 Å². The number of hydrogen-bond acceptors (Lipinski definition) is 4. The van der Waals surface area contributed by atoms with Crippen LogP contribution in [-0.2, 0) is 4.74 Å². The molecule has 0 spiro atoms. The van der Waals surface area contributed by atoms with Gasteiger partial charge in [-0.25, -0.2) is 0 Å². The third kappa shape index (κ3) is 3.54. The second-order valence-electron chi connectivity index (χ2n) is 4.56. The number of nitrogens with zero attached hydrogens (tertiary/aromatic N) is 1. The van der Waals surface area contributed by atoms with E-state index in [0.717, 1.165) is 31.6 Å². The van der Waals surface area contributed by atoms with Crippen molar-refractivity contribution in [2.24, 2.45) is 5.92 Å². The largest absolute Gasteiger partial charge is 0.487 e. The van der Waals surface area contributed by atoms with Gasteiger partial charge in [-0.3, -0.25) is 10.1 Å². The van der Waals surface area contributed by atoms with Crippen molar-refractivity contribution in [3.05, 3.63) is 40.5 Å². The van der Waals surface area contributed by atoms with Gasteiger partial charge < -0.3 is 9.47 Å². The van der Waals surface area contributed by atoms with E-state index in [0.29, 0.717) is 18.3 Å². The molecule has 102 valence electrons. The Morgan fingerprint density at radius 2 is 2.21 bits per heavy atom. The Morgan fingerprint density at radius 1 is 1.47 bits per heavy atom. The highest BCUT2D eigenvalue weighted by Gasteiger charge is 2.19. The van der Waals surface area contributed by atoms with Crippen LogP contribution in [0.5, 0.6) is 5.75 Å². The van der Waals surface area contributed by atoms with Crippen LogP contribution in [0.1, 0.15) is 18.4 Å². The third-order valence-electron chi connectivity index (χ3n) is 3.23. The van der Waals surface area contributed by atoms with Gasteiger partial charge in [-0.05, 0) is 36.5 Å². The van der Waals surface area contributed by atoms with Gasteiger partial charge in [0.2, 0.25) is 0 Å². The molecule has 1 fully saturated rings. The molecule has 1 aromatic rings. The molecule has 0 saturated carbocycles. The fourth-order valence-electron chi connectivity index (χ4n) is 2.04. The molecule has 0 amide bonds. The summed E-state index contributed by atoms with van der Waals surface area (Å²) in [7, 11) is 0. The van der Waals surface area contributed by atoms with Crippen LogP contribution in [-0.4, -0.2) is 24.7 Å². The number of hydrogen-bond donors (Lipinski definition) is 0. The lowest BCUT2D eigenvalue weighted by atomic mass is 10.0. The smallest absolute Gasteiger partial charge is 0.310 e. The number of rotatable bonds is 5. The van der Waals surface area contributed by atoms with Crippen molar-refractivity contribution in [3.8, 4) is 5.75 Å². The van der Waals surface area contributed by atoms with Crippen LogP contribution in [0, 0.1) is 16.0 Å². The first-order valence-electron chi connectivity index (χ1n) is 6.32. The Morgan fingerprint density at radius 3 is 2.84 bits per heavy atom. The maximum absolute atomic E-state index is 11.0. The lowest BCUT2D eigenvalue weighted by Gasteiger charge is -2.22. The minimum absolute atomic E-state index is 0.00217. The van der Waals surface area contributed by atoms with Gasteiger partial charge in [-0.1, -0.05) is 12.7 Å². The van der Waals surface area contributed by atoms with E-state index < -0.39 is 4.92 Å². The van der Waals surface area contributed by atoms with E-state index >= 15 is 0 Å². The zero-order valence-electron chi connectivity index (χ0n) is 10.7. The zero-order chi connectivity index (χ0) is 13.7. The Bertz CT molecular complexity index is 467. The summed E-state index contributed by atoms with van der Waals surface area (Å²) in [5.41, 5.74) is 0.810. The highest BCUT2D eigenvalue weighted by Crippen LogP contribution is 2.29. The highest BCUT2D eigenvalue weighted by atomic mass is 16.6.